The van der Waals surface area contributed by atoms with Gasteiger partial charge in [-0.05, 0) is 67.9 Å². The molecule has 2 aromatic heterocycles. The van der Waals surface area contributed by atoms with Gasteiger partial charge < -0.3 is 18.9 Å². The molecule has 0 atom stereocenters. The van der Waals surface area contributed by atoms with Gasteiger partial charge in [0.15, 0.2) is 5.78 Å². The van der Waals surface area contributed by atoms with Gasteiger partial charge >= 0.3 is 0 Å². The Hall–Kier alpha value is -4.20. The molecule has 8 heteroatoms. The lowest BCUT2D eigenvalue weighted by Crippen LogP contribution is -2.49. The highest BCUT2D eigenvalue weighted by atomic mass is 19.1. The maximum Gasteiger partial charge on any atom is 0.253 e. The molecule has 0 unspecified atom stereocenters. The largest absolute Gasteiger partial charge is 0.487 e. The molecule has 1 aliphatic rings. The van der Waals surface area contributed by atoms with Crippen LogP contribution in [0.15, 0.2) is 67.0 Å². The lowest BCUT2D eigenvalue weighted by Gasteiger charge is -2.36. The number of piperazine rings is 1. The van der Waals surface area contributed by atoms with Crippen molar-refractivity contribution in [2.45, 2.75) is 20.5 Å². The minimum atomic E-state index is -0.420. The van der Waals surface area contributed by atoms with Gasteiger partial charge in [-0.25, -0.2) is 9.37 Å². The lowest BCUT2D eigenvalue weighted by molar-refractivity contribution is 0.0746. The second-order valence-corrected chi connectivity index (χ2v) is 9.02. The molecule has 7 nitrogen and oxygen atoms in total. The number of carbonyl (C=O) groups is 2. The van der Waals surface area contributed by atoms with Crippen LogP contribution in [0.25, 0.3) is 5.65 Å². The molecular formula is C28H27FN4O3. The Balaban J connectivity index is 1.16. The number of hydrogen-bond acceptors (Lipinski definition) is 5. The number of benzene rings is 2. The van der Waals surface area contributed by atoms with Gasteiger partial charge in [0.1, 0.15) is 23.8 Å². The molecule has 36 heavy (non-hydrogen) atoms. The van der Waals surface area contributed by atoms with Crippen LogP contribution in [-0.2, 0) is 6.61 Å². The SMILES string of the molecule is CC(=O)c1ccc(N2CCN(C(=O)c3ccc(OCc4cn5cc(C)ccc5n4)cc3)CC2)c(F)c1. The zero-order valence-corrected chi connectivity index (χ0v) is 20.3. The van der Waals surface area contributed by atoms with Gasteiger partial charge in [0.25, 0.3) is 5.91 Å². The smallest absolute Gasteiger partial charge is 0.253 e. The van der Waals surface area contributed by atoms with Crippen molar-refractivity contribution in [1.29, 1.82) is 0 Å². The number of aryl methyl sites for hydroxylation is 1. The molecular weight excluding hydrogens is 459 g/mol. The van der Waals surface area contributed by atoms with E-state index in [0.29, 0.717) is 55.3 Å². The zero-order valence-electron chi connectivity index (χ0n) is 20.3. The summed E-state index contributed by atoms with van der Waals surface area (Å²) in [7, 11) is 0. The number of imidazole rings is 1. The first kappa shape index (κ1) is 23.5. The molecule has 4 aromatic rings. The predicted molar refractivity (Wildman–Crippen MR) is 135 cm³/mol. The summed E-state index contributed by atoms with van der Waals surface area (Å²) in [5, 5.41) is 0. The van der Waals surface area contributed by atoms with E-state index in [9.17, 15) is 14.0 Å². The Labute approximate surface area is 208 Å². The summed E-state index contributed by atoms with van der Waals surface area (Å²) in [6.07, 6.45) is 3.97. The number of amides is 1. The molecule has 5 rings (SSSR count). The van der Waals surface area contributed by atoms with Crippen molar-refractivity contribution in [2.75, 3.05) is 31.1 Å². The number of nitrogens with zero attached hydrogens (tertiary/aromatic N) is 4. The quantitative estimate of drug-likeness (QED) is 0.375. The predicted octanol–water partition coefficient (Wildman–Crippen LogP) is 4.53. The maximum atomic E-state index is 14.5. The van der Waals surface area contributed by atoms with Crippen LogP contribution in [0.3, 0.4) is 0 Å². The number of Topliss-reactive ketones (excluding diaryl/α,β-unsaturated/α-hetero) is 1. The molecule has 0 saturated carbocycles. The van der Waals surface area contributed by atoms with Crippen LogP contribution in [0.5, 0.6) is 5.75 Å². The Kier molecular flexibility index (Phi) is 6.41. The highest BCUT2D eigenvalue weighted by Gasteiger charge is 2.24. The summed E-state index contributed by atoms with van der Waals surface area (Å²) in [6.45, 7) is 5.78. The molecule has 0 aliphatic carbocycles. The summed E-state index contributed by atoms with van der Waals surface area (Å²) in [6, 6.07) is 15.6. The Bertz CT molecular complexity index is 1420. The average Bonchev–Trinajstić information content (AvgIpc) is 3.29. The zero-order chi connectivity index (χ0) is 25.2. The van der Waals surface area contributed by atoms with E-state index < -0.39 is 5.82 Å². The molecule has 0 bridgehead atoms. The fourth-order valence-electron chi connectivity index (χ4n) is 4.39. The van der Waals surface area contributed by atoms with Crippen molar-refractivity contribution in [2.24, 2.45) is 0 Å². The van der Waals surface area contributed by atoms with Crippen LogP contribution in [0, 0.1) is 12.7 Å². The average molecular weight is 487 g/mol. The van der Waals surface area contributed by atoms with Crippen LogP contribution in [0.2, 0.25) is 0 Å². The van der Waals surface area contributed by atoms with E-state index in [1.54, 1.807) is 41.3 Å². The number of hydrogen-bond donors (Lipinski definition) is 0. The second kappa shape index (κ2) is 9.81. The van der Waals surface area contributed by atoms with Crippen LogP contribution in [0.1, 0.15) is 38.9 Å². The Morgan fingerprint density at radius 2 is 1.67 bits per heavy atom. The van der Waals surface area contributed by atoms with E-state index >= 15 is 0 Å². The Morgan fingerprint density at radius 3 is 2.36 bits per heavy atom. The maximum absolute atomic E-state index is 14.5. The standard InChI is InChI=1S/C28H27FN4O3/c1-19-3-10-27-30-23(17-33(27)16-19)18-36-24-7-4-21(5-8-24)28(35)32-13-11-31(12-14-32)26-9-6-22(20(2)34)15-25(26)29/h3-10,15-17H,11-14,18H2,1-2H3. The van der Waals surface area contributed by atoms with E-state index in [-0.39, 0.29) is 11.7 Å². The Morgan fingerprint density at radius 1 is 0.944 bits per heavy atom. The minimum Gasteiger partial charge on any atom is -0.487 e. The number of rotatable bonds is 6. The monoisotopic (exact) mass is 486 g/mol. The molecule has 0 N–H and O–H groups in total. The summed E-state index contributed by atoms with van der Waals surface area (Å²) in [4.78, 5) is 32.7. The molecule has 3 heterocycles. The number of halogens is 1. The molecule has 1 amide bonds. The van der Waals surface area contributed by atoms with Crippen molar-refractivity contribution < 1.29 is 18.7 Å². The first-order valence-corrected chi connectivity index (χ1v) is 11.9. The summed E-state index contributed by atoms with van der Waals surface area (Å²) < 4.78 is 22.3. The van der Waals surface area contributed by atoms with Crippen molar-refractivity contribution in [3.63, 3.8) is 0 Å². The van der Waals surface area contributed by atoms with Crippen molar-refractivity contribution in [3.8, 4) is 5.75 Å². The van der Waals surface area contributed by atoms with E-state index in [2.05, 4.69) is 4.98 Å². The molecule has 1 aliphatic heterocycles. The number of ketones is 1. The number of aromatic nitrogens is 2. The highest BCUT2D eigenvalue weighted by molar-refractivity contribution is 5.95. The first-order chi connectivity index (χ1) is 17.4. The first-order valence-electron chi connectivity index (χ1n) is 11.9. The van der Waals surface area contributed by atoms with Crippen LogP contribution < -0.4 is 9.64 Å². The summed E-state index contributed by atoms with van der Waals surface area (Å²) in [5.74, 6) is 0.00721. The molecule has 2 aromatic carbocycles. The fourth-order valence-corrected chi connectivity index (χ4v) is 4.39. The third kappa shape index (κ3) is 4.93. The van der Waals surface area contributed by atoms with Gasteiger partial charge in [0.05, 0.1) is 11.4 Å². The number of carbonyl (C=O) groups excluding carboxylic acids is 2. The number of pyridine rings is 1. The van der Waals surface area contributed by atoms with E-state index in [0.717, 1.165) is 16.9 Å². The third-order valence-corrected chi connectivity index (χ3v) is 6.40. The summed E-state index contributed by atoms with van der Waals surface area (Å²) in [5.41, 5.74) is 4.24. The molecule has 0 spiro atoms. The van der Waals surface area contributed by atoms with Crippen molar-refractivity contribution >= 4 is 23.0 Å². The fraction of sp³-hybridized carbons (Fsp3) is 0.250. The normalized spacial score (nSPS) is 13.8. The van der Waals surface area contributed by atoms with Crippen molar-refractivity contribution in [1.82, 2.24) is 14.3 Å². The lowest BCUT2D eigenvalue weighted by atomic mass is 10.1. The van der Waals surface area contributed by atoms with Gasteiger partial charge in [0.2, 0.25) is 0 Å². The van der Waals surface area contributed by atoms with Crippen LogP contribution in [0.4, 0.5) is 10.1 Å². The van der Waals surface area contributed by atoms with E-state index in [1.165, 1.54) is 13.0 Å². The molecule has 1 saturated heterocycles. The van der Waals surface area contributed by atoms with Crippen molar-refractivity contribution in [3.05, 3.63) is 95.2 Å². The molecule has 184 valence electrons. The van der Waals surface area contributed by atoms with Crippen LogP contribution >= 0.6 is 0 Å². The van der Waals surface area contributed by atoms with Gasteiger partial charge in [-0.2, -0.15) is 0 Å². The molecule has 1 fully saturated rings. The molecule has 0 radical (unpaired) electrons. The van der Waals surface area contributed by atoms with E-state index in [4.69, 9.17) is 4.74 Å². The minimum absolute atomic E-state index is 0.0654. The topological polar surface area (TPSA) is 67.2 Å². The van der Waals surface area contributed by atoms with Gasteiger partial charge in [-0.1, -0.05) is 6.07 Å². The number of fused-ring (bicyclic) bond motifs is 1. The summed E-state index contributed by atoms with van der Waals surface area (Å²) >= 11 is 0. The third-order valence-electron chi connectivity index (χ3n) is 6.40. The highest BCUT2D eigenvalue weighted by Crippen LogP contribution is 2.23. The van der Waals surface area contributed by atoms with Crippen LogP contribution in [-0.4, -0.2) is 52.2 Å². The second-order valence-electron chi connectivity index (χ2n) is 9.02. The van der Waals surface area contributed by atoms with Gasteiger partial charge in [-0.15, -0.1) is 0 Å². The van der Waals surface area contributed by atoms with Gasteiger partial charge in [0, 0.05) is 49.7 Å². The number of anilines is 1. The number of ether oxygens (including phenoxy) is 1. The van der Waals surface area contributed by atoms with E-state index in [1.807, 2.05) is 40.8 Å². The van der Waals surface area contributed by atoms with Gasteiger partial charge in [-0.3, -0.25) is 9.59 Å².